The number of hydrogen-bond acceptors (Lipinski definition) is 5. The van der Waals surface area contributed by atoms with Gasteiger partial charge in [-0.2, -0.15) is 0 Å². The lowest BCUT2D eigenvalue weighted by atomic mass is 10.1. The zero-order valence-electron chi connectivity index (χ0n) is 11.3. The first-order valence-corrected chi connectivity index (χ1v) is 7.20. The topological polar surface area (TPSA) is 62.0 Å². The Morgan fingerprint density at radius 1 is 1.05 bits per heavy atom. The molecule has 21 heavy (non-hydrogen) atoms. The standard InChI is InChI=1S/C16H12N2O2S/c1-10(19)11-6-8-12(9-7-11)17-18-16-15(20)13-4-2-3-5-14(13)21-16/h2-9,20H,1H3. The molecular formula is C16H12N2O2S. The second kappa shape index (κ2) is 5.46. The van der Waals surface area contributed by atoms with Gasteiger partial charge in [-0.1, -0.05) is 12.1 Å². The summed E-state index contributed by atoms with van der Waals surface area (Å²) in [6.07, 6.45) is 0. The number of Topliss-reactive ketones (excluding diaryl/α,β-unsaturated/α-hetero) is 1. The Bertz CT molecular complexity index is 835. The molecule has 1 N–H and O–H groups in total. The average Bonchev–Trinajstić information content (AvgIpc) is 2.82. The molecule has 0 unspecified atom stereocenters. The minimum atomic E-state index is 0.0145. The molecule has 0 aliphatic carbocycles. The van der Waals surface area contributed by atoms with Gasteiger partial charge < -0.3 is 5.11 Å². The van der Waals surface area contributed by atoms with Gasteiger partial charge in [0.2, 0.25) is 0 Å². The van der Waals surface area contributed by atoms with Gasteiger partial charge in [-0.15, -0.1) is 21.6 Å². The van der Waals surface area contributed by atoms with Gasteiger partial charge in [0, 0.05) is 15.6 Å². The number of aromatic hydroxyl groups is 1. The van der Waals surface area contributed by atoms with Crippen LogP contribution >= 0.6 is 11.3 Å². The van der Waals surface area contributed by atoms with Crippen LogP contribution in [0.3, 0.4) is 0 Å². The molecule has 0 saturated carbocycles. The number of benzene rings is 2. The molecular weight excluding hydrogens is 284 g/mol. The molecule has 0 radical (unpaired) electrons. The summed E-state index contributed by atoms with van der Waals surface area (Å²) in [7, 11) is 0. The second-order valence-electron chi connectivity index (χ2n) is 4.56. The fraction of sp³-hybridized carbons (Fsp3) is 0.0625. The van der Waals surface area contributed by atoms with Crippen LogP contribution in [0.4, 0.5) is 10.7 Å². The number of ketones is 1. The van der Waals surface area contributed by atoms with Crippen molar-refractivity contribution in [2.45, 2.75) is 6.92 Å². The van der Waals surface area contributed by atoms with Gasteiger partial charge in [-0.25, -0.2) is 0 Å². The molecule has 2 aromatic carbocycles. The first kappa shape index (κ1) is 13.5. The summed E-state index contributed by atoms with van der Waals surface area (Å²) in [6.45, 7) is 1.52. The Morgan fingerprint density at radius 3 is 2.43 bits per heavy atom. The zero-order chi connectivity index (χ0) is 14.8. The second-order valence-corrected chi connectivity index (χ2v) is 5.59. The number of nitrogens with zero attached hydrogens (tertiary/aromatic N) is 2. The van der Waals surface area contributed by atoms with Gasteiger partial charge in [0.15, 0.2) is 16.5 Å². The third kappa shape index (κ3) is 2.68. The Morgan fingerprint density at radius 2 is 1.76 bits per heavy atom. The van der Waals surface area contributed by atoms with Crippen LogP contribution < -0.4 is 0 Å². The SMILES string of the molecule is CC(=O)c1ccc(N=Nc2sc3ccccc3c2O)cc1. The number of azo groups is 1. The highest BCUT2D eigenvalue weighted by atomic mass is 32.1. The fourth-order valence-electron chi connectivity index (χ4n) is 1.95. The van der Waals surface area contributed by atoms with E-state index in [0.717, 1.165) is 10.1 Å². The number of hydrogen-bond donors (Lipinski definition) is 1. The van der Waals surface area contributed by atoms with Crippen LogP contribution in [0.5, 0.6) is 5.75 Å². The largest absolute Gasteiger partial charge is 0.504 e. The predicted octanol–water partition coefficient (Wildman–Crippen LogP) is 5.22. The summed E-state index contributed by atoms with van der Waals surface area (Å²) < 4.78 is 0.968. The van der Waals surface area contributed by atoms with Crippen molar-refractivity contribution in [3.8, 4) is 5.75 Å². The summed E-state index contributed by atoms with van der Waals surface area (Å²) >= 11 is 1.39. The van der Waals surface area contributed by atoms with Gasteiger partial charge in [0.1, 0.15) is 0 Å². The van der Waals surface area contributed by atoms with Crippen molar-refractivity contribution in [3.05, 3.63) is 54.1 Å². The molecule has 0 aliphatic rings. The molecule has 104 valence electrons. The zero-order valence-corrected chi connectivity index (χ0v) is 12.1. The van der Waals surface area contributed by atoms with Gasteiger partial charge in [-0.3, -0.25) is 4.79 Å². The Labute approximate surface area is 125 Å². The minimum absolute atomic E-state index is 0.0145. The van der Waals surface area contributed by atoms with Crippen LogP contribution in [0.25, 0.3) is 10.1 Å². The summed E-state index contributed by atoms with van der Waals surface area (Å²) in [4.78, 5) is 11.2. The van der Waals surface area contributed by atoms with Gasteiger partial charge >= 0.3 is 0 Å². The molecule has 0 amide bonds. The Kier molecular flexibility index (Phi) is 3.50. The van der Waals surface area contributed by atoms with E-state index in [1.807, 2.05) is 24.3 Å². The molecule has 0 aliphatic heterocycles. The monoisotopic (exact) mass is 296 g/mol. The van der Waals surface area contributed by atoms with Crippen LogP contribution in [-0.2, 0) is 0 Å². The fourth-order valence-corrected chi connectivity index (χ4v) is 2.87. The molecule has 5 heteroatoms. The minimum Gasteiger partial charge on any atom is -0.504 e. The van der Waals surface area contributed by atoms with Crippen molar-refractivity contribution in [1.29, 1.82) is 0 Å². The highest BCUT2D eigenvalue weighted by molar-refractivity contribution is 7.23. The maximum Gasteiger partial charge on any atom is 0.181 e. The molecule has 0 atom stereocenters. The van der Waals surface area contributed by atoms with E-state index in [2.05, 4.69) is 10.2 Å². The Balaban J connectivity index is 1.90. The number of rotatable bonds is 3. The summed E-state index contributed by atoms with van der Waals surface area (Å²) in [5, 5.41) is 19.5. The van der Waals surface area contributed by atoms with Gasteiger partial charge in [0.25, 0.3) is 0 Å². The maximum atomic E-state index is 11.2. The summed E-state index contributed by atoms with van der Waals surface area (Å²) in [5.41, 5.74) is 1.27. The number of carbonyl (C=O) groups is 1. The number of thiophene rings is 1. The molecule has 0 bridgehead atoms. The number of carbonyl (C=O) groups excluding carboxylic acids is 1. The molecule has 0 saturated heterocycles. The van der Waals surface area contributed by atoms with Gasteiger partial charge in [-0.05, 0) is 43.3 Å². The highest BCUT2D eigenvalue weighted by Gasteiger charge is 2.09. The normalized spacial score (nSPS) is 11.3. The third-order valence-corrected chi connectivity index (χ3v) is 4.13. The van der Waals surface area contributed by atoms with E-state index >= 15 is 0 Å². The Hall–Kier alpha value is -2.53. The summed E-state index contributed by atoms with van der Waals surface area (Å²) in [6, 6.07) is 14.4. The van der Waals surface area contributed by atoms with E-state index in [4.69, 9.17) is 0 Å². The quantitative estimate of drug-likeness (QED) is 0.531. The van der Waals surface area contributed by atoms with Crippen LogP contribution in [0, 0.1) is 0 Å². The van der Waals surface area contributed by atoms with Crippen LogP contribution in [0.15, 0.2) is 58.8 Å². The average molecular weight is 296 g/mol. The number of fused-ring (bicyclic) bond motifs is 1. The summed E-state index contributed by atoms with van der Waals surface area (Å²) in [5.74, 6) is 0.167. The van der Waals surface area contributed by atoms with Crippen molar-refractivity contribution >= 4 is 37.9 Å². The van der Waals surface area contributed by atoms with Crippen LogP contribution in [-0.4, -0.2) is 10.9 Å². The lowest BCUT2D eigenvalue weighted by Crippen LogP contribution is -1.89. The van der Waals surface area contributed by atoms with Crippen molar-refractivity contribution in [3.63, 3.8) is 0 Å². The van der Waals surface area contributed by atoms with Gasteiger partial charge in [0.05, 0.1) is 5.69 Å². The predicted molar refractivity (Wildman–Crippen MR) is 84.1 cm³/mol. The lowest BCUT2D eigenvalue weighted by molar-refractivity contribution is 0.101. The molecule has 1 heterocycles. The molecule has 3 rings (SSSR count). The molecule has 1 aromatic heterocycles. The van der Waals surface area contributed by atoms with E-state index in [1.54, 1.807) is 24.3 Å². The van der Waals surface area contributed by atoms with E-state index in [9.17, 15) is 9.90 Å². The van der Waals surface area contributed by atoms with E-state index in [-0.39, 0.29) is 11.5 Å². The highest BCUT2D eigenvalue weighted by Crippen LogP contribution is 2.43. The first-order chi connectivity index (χ1) is 10.1. The van der Waals surface area contributed by atoms with Crippen LogP contribution in [0.1, 0.15) is 17.3 Å². The van der Waals surface area contributed by atoms with E-state index in [0.29, 0.717) is 16.3 Å². The molecule has 4 nitrogen and oxygen atoms in total. The lowest BCUT2D eigenvalue weighted by Gasteiger charge is -1.95. The maximum absolute atomic E-state index is 11.2. The van der Waals surface area contributed by atoms with Crippen LogP contribution in [0.2, 0.25) is 0 Å². The van der Waals surface area contributed by atoms with E-state index in [1.165, 1.54) is 18.3 Å². The molecule has 0 spiro atoms. The first-order valence-electron chi connectivity index (χ1n) is 6.38. The molecule has 3 aromatic rings. The van der Waals surface area contributed by atoms with Crippen molar-refractivity contribution in [2.75, 3.05) is 0 Å². The van der Waals surface area contributed by atoms with Crippen molar-refractivity contribution in [1.82, 2.24) is 0 Å². The molecule has 0 fully saturated rings. The van der Waals surface area contributed by atoms with Crippen molar-refractivity contribution < 1.29 is 9.90 Å². The smallest absolute Gasteiger partial charge is 0.181 e. The van der Waals surface area contributed by atoms with Crippen molar-refractivity contribution in [2.24, 2.45) is 10.2 Å². The third-order valence-electron chi connectivity index (χ3n) is 3.08. The van der Waals surface area contributed by atoms with E-state index < -0.39 is 0 Å².